The van der Waals surface area contributed by atoms with Gasteiger partial charge in [-0.2, -0.15) is 0 Å². The van der Waals surface area contributed by atoms with Gasteiger partial charge < -0.3 is 15.6 Å². The van der Waals surface area contributed by atoms with Crippen molar-refractivity contribution in [2.75, 3.05) is 5.32 Å². The molecule has 0 spiro atoms. The van der Waals surface area contributed by atoms with Crippen LogP contribution in [0.25, 0.3) is 55.3 Å². The zero-order valence-electron chi connectivity index (χ0n) is 34.4. The van der Waals surface area contributed by atoms with Gasteiger partial charge in [-0.15, -0.1) is 0 Å². The van der Waals surface area contributed by atoms with Gasteiger partial charge in [-0.05, 0) is 72.5 Å². The Labute approximate surface area is 363 Å². The molecule has 0 atom stereocenters. The first-order valence-electron chi connectivity index (χ1n) is 20.6. The van der Waals surface area contributed by atoms with Gasteiger partial charge >= 0.3 is 0 Å². The van der Waals surface area contributed by atoms with Crippen LogP contribution in [0.5, 0.6) is 0 Å². The van der Waals surface area contributed by atoms with Crippen LogP contribution in [0.4, 0.5) is 11.6 Å². The van der Waals surface area contributed by atoms with Gasteiger partial charge in [-0.3, -0.25) is 9.59 Å². The maximum Gasteiger partial charge on any atom is 0.257 e. The van der Waals surface area contributed by atoms with Crippen molar-refractivity contribution >= 4 is 68.1 Å². The van der Waals surface area contributed by atoms with Crippen LogP contribution in [0.15, 0.2) is 192 Å². The van der Waals surface area contributed by atoms with E-state index in [1.54, 1.807) is 12.1 Å². The second-order valence-electron chi connectivity index (χ2n) is 15.3. The minimum Gasteiger partial charge on any atom is -0.325 e. The topological polar surface area (TPSA) is 124 Å². The fourth-order valence-corrected chi connectivity index (χ4v) is 8.08. The number of aromatic amines is 1. The number of anilines is 1. The molecule has 1 aliphatic rings. The number of fused-ring (bicyclic) bond motifs is 2. The van der Waals surface area contributed by atoms with Gasteiger partial charge in [0.15, 0.2) is 5.84 Å². The van der Waals surface area contributed by atoms with Crippen LogP contribution < -0.4 is 10.6 Å². The third-order valence-electron chi connectivity index (χ3n) is 11.2. The van der Waals surface area contributed by atoms with Crippen LogP contribution in [0.2, 0.25) is 0 Å². The van der Waals surface area contributed by atoms with Crippen molar-refractivity contribution in [2.24, 2.45) is 9.98 Å². The minimum absolute atomic E-state index is 0.287. The molecule has 0 fully saturated rings. The van der Waals surface area contributed by atoms with E-state index in [1.165, 1.54) is 0 Å². The largest absolute Gasteiger partial charge is 0.325 e. The highest BCUT2D eigenvalue weighted by atomic mass is 16.2. The molecule has 6 aromatic carbocycles. The molecule has 0 unspecified atom stereocenters. The SMILES string of the molecule is Cc1ccccc1C(=O)NC1=NC(=Nc2[nH]c(NC(=O)c3ccccc3C)c(-c3ccc4ccccc4n3)c2-c2ccccc2)C(c2ccccc2)=C1c1ccc2ccccc2n1. The van der Waals surface area contributed by atoms with E-state index in [0.29, 0.717) is 68.1 Å². The molecule has 302 valence electrons. The fourth-order valence-electron chi connectivity index (χ4n) is 8.08. The first-order valence-corrected chi connectivity index (χ1v) is 20.6. The first kappa shape index (κ1) is 38.6. The number of amidine groups is 2. The lowest BCUT2D eigenvalue weighted by Gasteiger charge is -2.13. The number of aromatic nitrogens is 3. The number of nitrogens with zero attached hydrogens (tertiary/aromatic N) is 4. The molecule has 4 heterocycles. The molecule has 3 aromatic heterocycles. The standard InChI is InChI=1S/C54H39N7O2/c1-33-17-9-13-25-39(33)53(62)60-51-47(43-31-29-35-19-11-15-27-41(35)55-43)45(37-21-5-3-6-22-37)49(58-51)57-50-46(38-23-7-4-8-24-38)48(44-32-30-36-20-12-16-28-42(36)56-44)52(59-50)61-54(63)40-26-14-10-18-34(40)2/h3-32,58H,1-2H3,(H,60,62)(H,57,59,61,63). The lowest BCUT2D eigenvalue weighted by molar-refractivity contribution is 0.0975. The summed E-state index contributed by atoms with van der Waals surface area (Å²) in [6.45, 7) is 3.82. The number of aliphatic imine (C=N–C) groups is 2. The number of hydrogen-bond donors (Lipinski definition) is 3. The molecule has 0 aliphatic carbocycles. The minimum atomic E-state index is -0.311. The molecule has 3 N–H and O–H groups in total. The lowest BCUT2D eigenvalue weighted by atomic mass is 9.96. The predicted octanol–water partition coefficient (Wildman–Crippen LogP) is 11.8. The van der Waals surface area contributed by atoms with Gasteiger partial charge in [0.1, 0.15) is 17.5 Å². The Hall–Kier alpha value is -8.56. The number of aryl methyl sites for hydroxylation is 2. The summed E-state index contributed by atoms with van der Waals surface area (Å²) < 4.78 is 0. The maximum atomic E-state index is 14.2. The molecule has 0 bridgehead atoms. The number of rotatable bonds is 8. The molecule has 63 heavy (non-hydrogen) atoms. The zero-order valence-corrected chi connectivity index (χ0v) is 34.4. The van der Waals surface area contributed by atoms with E-state index < -0.39 is 0 Å². The van der Waals surface area contributed by atoms with Gasteiger partial charge in [0.2, 0.25) is 0 Å². The molecule has 1 aliphatic heterocycles. The van der Waals surface area contributed by atoms with Crippen molar-refractivity contribution in [3.05, 3.63) is 216 Å². The van der Waals surface area contributed by atoms with E-state index in [-0.39, 0.29) is 11.8 Å². The molecule has 0 radical (unpaired) electrons. The van der Waals surface area contributed by atoms with Crippen molar-refractivity contribution < 1.29 is 9.59 Å². The van der Waals surface area contributed by atoms with Crippen molar-refractivity contribution in [3.8, 4) is 22.4 Å². The van der Waals surface area contributed by atoms with Gasteiger partial charge in [0.05, 0.1) is 33.6 Å². The highest BCUT2D eigenvalue weighted by molar-refractivity contribution is 6.51. The Morgan fingerprint density at radius 3 is 1.62 bits per heavy atom. The Bertz CT molecular complexity index is 3350. The Kier molecular flexibility index (Phi) is 10.1. The average molecular weight is 818 g/mol. The molecule has 10 rings (SSSR count). The van der Waals surface area contributed by atoms with E-state index in [1.807, 2.05) is 184 Å². The number of para-hydroxylation sites is 2. The first-order chi connectivity index (χ1) is 30.9. The number of H-pyrrole nitrogens is 1. The summed E-state index contributed by atoms with van der Waals surface area (Å²) >= 11 is 0. The predicted molar refractivity (Wildman–Crippen MR) is 254 cm³/mol. The number of carbonyl (C=O) groups is 2. The lowest BCUT2D eigenvalue weighted by Crippen LogP contribution is -2.31. The highest BCUT2D eigenvalue weighted by Gasteiger charge is 2.32. The van der Waals surface area contributed by atoms with Crippen LogP contribution >= 0.6 is 0 Å². The Morgan fingerprint density at radius 1 is 0.492 bits per heavy atom. The Balaban J connectivity index is 1.24. The van der Waals surface area contributed by atoms with Crippen molar-refractivity contribution in [1.29, 1.82) is 0 Å². The zero-order chi connectivity index (χ0) is 42.9. The third-order valence-corrected chi connectivity index (χ3v) is 11.2. The van der Waals surface area contributed by atoms with Gasteiger partial charge in [0, 0.05) is 33.0 Å². The third kappa shape index (κ3) is 7.49. The summed E-state index contributed by atoms with van der Waals surface area (Å²) in [6.07, 6.45) is 0. The van der Waals surface area contributed by atoms with E-state index in [4.69, 9.17) is 20.0 Å². The number of amides is 2. The van der Waals surface area contributed by atoms with Crippen molar-refractivity contribution in [2.45, 2.75) is 13.8 Å². The summed E-state index contributed by atoms with van der Waals surface area (Å²) in [5, 5.41) is 8.32. The van der Waals surface area contributed by atoms with E-state index in [2.05, 4.69) is 15.6 Å². The molecular weight excluding hydrogens is 779 g/mol. The summed E-state index contributed by atoms with van der Waals surface area (Å²) in [5.41, 5.74) is 9.88. The Morgan fingerprint density at radius 2 is 1.00 bits per heavy atom. The molecule has 0 saturated carbocycles. The van der Waals surface area contributed by atoms with Crippen LogP contribution in [0.3, 0.4) is 0 Å². The molecule has 0 saturated heterocycles. The summed E-state index contributed by atoms with van der Waals surface area (Å²) in [7, 11) is 0. The smallest absolute Gasteiger partial charge is 0.257 e. The van der Waals surface area contributed by atoms with E-state index in [0.717, 1.165) is 44.1 Å². The number of benzene rings is 6. The van der Waals surface area contributed by atoms with Crippen LogP contribution in [-0.4, -0.2) is 38.4 Å². The molecule has 9 nitrogen and oxygen atoms in total. The van der Waals surface area contributed by atoms with E-state index in [9.17, 15) is 9.59 Å². The van der Waals surface area contributed by atoms with Crippen LogP contribution in [0.1, 0.15) is 43.1 Å². The summed E-state index contributed by atoms with van der Waals surface area (Å²) in [5.74, 6) is 0.886. The van der Waals surface area contributed by atoms with Gasteiger partial charge in [-0.25, -0.2) is 20.0 Å². The summed E-state index contributed by atoms with van der Waals surface area (Å²) in [6, 6.07) is 58.5. The number of nitrogens with one attached hydrogen (secondary N) is 3. The normalized spacial score (nSPS) is 13.1. The molecular formula is C54H39N7O2. The second kappa shape index (κ2) is 16.5. The molecule has 9 aromatic rings. The number of carbonyl (C=O) groups excluding carboxylic acids is 2. The average Bonchev–Trinajstić information content (AvgIpc) is 3.86. The van der Waals surface area contributed by atoms with Crippen LogP contribution in [-0.2, 0) is 0 Å². The van der Waals surface area contributed by atoms with Crippen LogP contribution in [0, 0.1) is 13.8 Å². The van der Waals surface area contributed by atoms with E-state index >= 15 is 0 Å². The van der Waals surface area contributed by atoms with Crippen molar-refractivity contribution in [3.63, 3.8) is 0 Å². The van der Waals surface area contributed by atoms with Crippen molar-refractivity contribution in [1.82, 2.24) is 20.3 Å². The maximum absolute atomic E-state index is 14.2. The quantitative estimate of drug-likeness (QED) is 0.141. The molecule has 2 amide bonds. The highest BCUT2D eigenvalue weighted by Crippen LogP contribution is 2.46. The fraction of sp³-hybridized carbons (Fsp3) is 0.0370. The summed E-state index contributed by atoms with van der Waals surface area (Å²) in [4.78, 5) is 52.7. The van der Waals surface area contributed by atoms with Gasteiger partial charge in [0.25, 0.3) is 11.8 Å². The second-order valence-corrected chi connectivity index (χ2v) is 15.3. The number of pyridine rings is 2. The number of hydrogen-bond acceptors (Lipinski definition) is 5. The monoisotopic (exact) mass is 817 g/mol. The van der Waals surface area contributed by atoms with Gasteiger partial charge in [-0.1, -0.05) is 146 Å². The molecule has 9 heteroatoms.